The molecule has 0 bridgehead atoms. The summed E-state index contributed by atoms with van der Waals surface area (Å²) in [6.45, 7) is 0.541. The molecule has 0 fully saturated rings. The maximum atomic E-state index is 12.6. The lowest BCUT2D eigenvalue weighted by Crippen LogP contribution is -2.42. The maximum Gasteiger partial charge on any atom is 0.326 e. The molecule has 0 saturated carbocycles. The standard InChI is InChI=1S/C28H26N2O4/c31-27(30-26(28(32)33)17-20-7-3-1-4-8-20)23-13-16-25(29-18-23)22-11-14-24(15-12-22)34-19-21-9-5-2-6-10-21/h1,3-5,7-16,18,26H,2,6,17,19H2,(H,30,31)(H,32,33). The third kappa shape index (κ3) is 6.19. The Morgan fingerprint density at radius 2 is 1.79 bits per heavy atom. The first-order chi connectivity index (χ1) is 16.6. The van der Waals surface area contributed by atoms with Crippen LogP contribution in [0.4, 0.5) is 0 Å². The van der Waals surface area contributed by atoms with E-state index in [0.29, 0.717) is 17.9 Å². The molecule has 0 radical (unpaired) electrons. The Hall–Kier alpha value is -4.19. The van der Waals surface area contributed by atoms with E-state index in [-0.39, 0.29) is 6.42 Å². The number of hydrogen-bond acceptors (Lipinski definition) is 4. The van der Waals surface area contributed by atoms with Crippen molar-refractivity contribution in [2.45, 2.75) is 25.3 Å². The van der Waals surface area contributed by atoms with Crippen molar-refractivity contribution in [3.8, 4) is 17.0 Å². The molecule has 1 heterocycles. The van der Waals surface area contributed by atoms with Crippen LogP contribution < -0.4 is 10.1 Å². The molecule has 2 aromatic carbocycles. The Kier molecular flexibility index (Phi) is 7.50. The van der Waals surface area contributed by atoms with E-state index >= 15 is 0 Å². The molecule has 0 saturated heterocycles. The average Bonchev–Trinajstić information content (AvgIpc) is 2.88. The quantitative estimate of drug-likeness (QED) is 0.484. The van der Waals surface area contributed by atoms with E-state index in [0.717, 1.165) is 29.7 Å². The first-order valence-electron chi connectivity index (χ1n) is 11.2. The summed E-state index contributed by atoms with van der Waals surface area (Å²) in [6.07, 6.45) is 10.2. The van der Waals surface area contributed by atoms with Gasteiger partial charge in [0.05, 0.1) is 11.3 Å². The van der Waals surface area contributed by atoms with E-state index in [2.05, 4.69) is 28.5 Å². The number of benzene rings is 2. The molecule has 1 aromatic heterocycles. The molecule has 3 aromatic rings. The highest BCUT2D eigenvalue weighted by Crippen LogP contribution is 2.22. The van der Waals surface area contributed by atoms with E-state index in [1.807, 2.05) is 54.6 Å². The molecule has 2 N–H and O–H groups in total. The predicted molar refractivity (Wildman–Crippen MR) is 131 cm³/mol. The maximum absolute atomic E-state index is 12.6. The molecular formula is C28H26N2O4. The van der Waals surface area contributed by atoms with Gasteiger partial charge in [-0.15, -0.1) is 0 Å². The van der Waals surface area contributed by atoms with Crippen LogP contribution in [0.15, 0.2) is 96.7 Å². The number of amides is 1. The van der Waals surface area contributed by atoms with Crippen LogP contribution in [0.2, 0.25) is 0 Å². The fourth-order valence-corrected chi connectivity index (χ4v) is 3.65. The number of aliphatic carboxylic acids is 1. The summed E-state index contributed by atoms with van der Waals surface area (Å²) >= 11 is 0. The van der Waals surface area contributed by atoms with Gasteiger partial charge in [0.15, 0.2) is 0 Å². The van der Waals surface area contributed by atoms with Crippen molar-refractivity contribution in [2.24, 2.45) is 0 Å². The van der Waals surface area contributed by atoms with Gasteiger partial charge in [-0.05, 0) is 60.4 Å². The zero-order chi connectivity index (χ0) is 23.8. The second kappa shape index (κ2) is 11.1. The van der Waals surface area contributed by atoms with Crippen molar-refractivity contribution in [1.82, 2.24) is 10.3 Å². The summed E-state index contributed by atoms with van der Waals surface area (Å²) in [5.74, 6) is -0.783. The Labute approximate surface area is 198 Å². The number of hydrogen-bond donors (Lipinski definition) is 2. The van der Waals surface area contributed by atoms with Crippen LogP contribution in [0.1, 0.15) is 28.8 Å². The molecule has 1 aliphatic carbocycles. The van der Waals surface area contributed by atoms with Crippen molar-refractivity contribution >= 4 is 11.9 Å². The first kappa shape index (κ1) is 23.0. The number of carboxylic acids is 1. The number of ether oxygens (including phenoxy) is 1. The second-order valence-corrected chi connectivity index (χ2v) is 8.06. The van der Waals surface area contributed by atoms with Crippen LogP contribution in [-0.2, 0) is 11.2 Å². The summed E-state index contributed by atoms with van der Waals surface area (Å²) in [7, 11) is 0. The van der Waals surface area contributed by atoms with E-state index in [1.165, 1.54) is 11.8 Å². The number of carbonyl (C=O) groups is 2. The summed E-state index contributed by atoms with van der Waals surface area (Å²) < 4.78 is 5.84. The molecule has 0 spiro atoms. The highest BCUT2D eigenvalue weighted by Gasteiger charge is 2.21. The number of aromatic nitrogens is 1. The van der Waals surface area contributed by atoms with Crippen LogP contribution in [-0.4, -0.2) is 34.6 Å². The number of pyridine rings is 1. The summed E-state index contributed by atoms with van der Waals surface area (Å²) in [4.78, 5) is 28.6. The van der Waals surface area contributed by atoms with Gasteiger partial charge < -0.3 is 15.2 Å². The lowest BCUT2D eigenvalue weighted by molar-refractivity contribution is -0.139. The third-order valence-electron chi connectivity index (χ3n) is 5.54. The monoisotopic (exact) mass is 454 g/mol. The van der Waals surface area contributed by atoms with Gasteiger partial charge in [0, 0.05) is 18.2 Å². The fraction of sp³-hybridized carbons (Fsp3) is 0.179. The molecule has 0 aliphatic heterocycles. The molecule has 1 amide bonds. The SMILES string of the molecule is O=C(NC(Cc1ccccc1)C(=O)O)c1ccc(-c2ccc(OCC3=CCCC=C3)cc2)nc1. The number of nitrogens with one attached hydrogen (secondary N) is 1. The Morgan fingerprint density at radius 3 is 2.44 bits per heavy atom. The van der Waals surface area contributed by atoms with Crippen LogP contribution in [0.3, 0.4) is 0 Å². The highest BCUT2D eigenvalue weighted by atomic mass is 16.5. The topological polar surface area (TPSA) is 88.5 Å². The van der Waals surface area contributed by atoms with Gasteiger partial charge >= 0.3 is 5.97 Å². The number of carbonyl (C=O) groups excluding carboxylic acids is 1. The number of carboxylic acid groups (broad SMARTS) is 1. The highest BCUT2D eigenvalue weighted by molar-refractivity contribution is 5.96. The first-order valence-corrected chi connectivity index (χ1v) is 11.2. The largest absolute Gasteiger partial charge is 0.489 e. The number of rotatable bonds is 9. The summed E-state index contributed by atoms with van der Waals surface area (Å²) in [5.41, 5.74) is 3.92. The van der Waals surface area contributed by atoms with E-state index < -0.39 is 17.9 Å². The predicted octanol–water partition coefficient (Wildman–Crippen LogP) is 4.83. The lowest BCUT2D eigenvalue weighted by Gasteiger charge is -2.15. The smallest absolute Gasteiger partial charge is 0.326 e. The average molecular weight is 455 g/mol. The van der Waals surface area contributed by atoms with Gasteiger partial charge in [-0.25, -0.2) is 4.79 Å². The van der Waals surface area contributed by atoms with Gasteiger partial charge in [0.1, 0.15) is 18.4 Å². The van der Waals surface area contributed by atoms with Crippen molar-refractivity contribution in [3.63, 3.8) is 0 Å². The Bertz CT molecular complexity index is 1180. The van der Waals surface area contributed by atoms with Gasteiger partial charge in [-0.1, -0.05) is 48.6 Å². The van der Waals surface area contributed by atoms with Gasteiger partial charge in [0.2, 0.25) is 0 Å². The zero-order valence-electron chi connectivity index (χ0n) is 18.7. The van der Waals surface area contributed by atoms with Gasteiger partial charge in [0.25, 0.3) is 5.91 Å². The Morgan fingerprint density at radius 1 is 1.00 bits per heavy atom. The molecule has 4 rings (SSSR count). The van der Waals surface area contributed by atoms with Gasteiger partial charge in [-0.3, -0.25) is 9.78 Å². The second-order valence-electron chi connectivity index (χ2n) is 8.06. The normalized spacial score (nSPS) is 13.6. The van der Waals surface area contributed by atoms with E-state index in [1.54, 1.807) is 12.1 Å². The lowest BCUT2D eigenvalue weighted by atomic mass is 10.1. The van der Waals surface area contributed by atoms with Crippen LogP contribution in [0.25, 0.3) is 11.3 Å². The molecule has 1 unspecified atom stereocenters. The minimum absolute atomic E-state index is 0.204. The fourth-order valence-electron chi connectivity index (χ4n) is 3.65. The third-order valence-corrected chi connectivity index (χ3v) is 5.54. The number of allylic oxidation sites excluding steroid dienone is 2. The van der Waals surface area contributed by atoms with Crippen LogP contribution in [0, 0.1) is 0 Å². The van der Waals surface area contributed by atoms with Gasteiger partial charge in [-0.2, -0.15) is 0 Å². The molecule has 6 heteroatoms. The van der Waals surface area contributed by atoms with Crippen LogP contribution in [0.5, 0.6) is 5.75 Å². The molecule has 1 aliphatic rings. The minimum atomic E-state index is -1.08. The van der Waals surface area contributed by atoms with Crippen LogP contribution >= 0.6 is 0 Å². The van der Waals surface area contributed by atoms with Crippen molar-refractivity contribution in [2.75, 3.05) is 6.61 Å². The van der Waals surface area contributed by atoms with Crippen molar-refractivity contribution in [1.29, 1.82) is 0 Å². The molecule has 6 nitrogen and oxygen atoms in total. The zero-order valence-corrected chi connectivity index (χ0v) is 18.7. The van der Waals surface area contributed by atoms with Crippen molar-refractivity contribution in [3.05, 3.63) is 108 Å². The Balaban J connectivity index is 1.36. The summed E-state index contributed by atoms with van der Waals surface area (Å²) in [5, 5.41) is 12.1. The summed E-state index contributed by atoms with van der Waals surface area (Å²) in [6, 6.07) is 19.2. The van der Waals surface area contributed by atoms with E-state index in [9.17, 15) is 14.7 Å². The number of nitrogens with zero attached hydrogens (tertiary/aromatic N) is 1. The molecule has 1 atom stereocenters. The molecule has 34 heavy (non-hydrogen) atoms. The minimum Gasteiger partial charge on any atom is -0.489 e. The van der Waals surface area contributed by atoms with E-state index in [4.69, 9.17) is 4.74 Å². The molecular weight excluding hydrogens is 428 g/mol. The molecule has 172 valence electrons. The van der Waals surface area contributed by atoms with Crippen molar-refractivity contribution < 1.29 is 19.4 Å².